The monoisotopic (exact) mass is 580 g/mol. The number of hydrogen-bond acceptors (Lipinski definition) is 4. The van der Waals surface area contributed by atoms with E-state index in [0.717, 1.165) is 17.7 Å². The van der Waals surface area contributed by atoms with Gasteiger partial charge in [-0.1, -0.05) is 55.3 Å². The maximum Gasteiger partial charge on any atom is 0.389 e. The Morgan fingerprint density at radius 2 is 1.80 bits per heavy atom. The van der Waals surface area contributed by atoms with Crippen LogP contribution >= 0.6 is 11.6 Å². The zero-order chi connectivity index (χ0) is 29.0. The zero-order valence-corrected chi connectivity index (χ0v) is 22.2. The highest BCUT2D eigenvalue weighted by atomic mass is 35.5. The smallest absolute Gasteiger partial charge is 0.369 e. The minimum Gasteiger partial charge on any atom is -0.369 e. The minimum atomic E-state index is -4.44. The van der Waals surface area contributed by atoms with E-state index >= 15 is 4.39 Å². The van der Waals surface area contributed by atoms with Gasteiger partial charge in [0.15, 0.2) is 0 Å². The standard InChI is InChI=1S/C28H29ClF4N4O3/c29-15-37-23-19(8-4-10-21(23)30)22(17-6-2-1-3-7-17)35-25(27(37)40)36-26(39)18(9-5-13-28(31,32)33)20(24(34)38)14-16-11-12-16/h1-4,6-8,10,16,18,20,25H,5,9,11-15H2,(H2,34,38)(H,36,39)/t18-,20+,25?/m1/s1. The van der Waals surface area contributed by atoms with Crippen LogP contribution < -0.4 is 16.0 Å². The Morgan fingerprint density at radius 1 is 1.10 bits per heavy atom. The lowest BCUT2D eigenvalue weighted by Crippen LogP contribution is -2.50. The van der Waals surface area contributed by atoms with Gasteiger partial charge in [-0.3, -0.25) is 19.3 Å². The lowest BCUT2D eigenvalue weighted by Gasteiger charge is -2.27. The Kier molecular flexibility index (Phi) is 9.12. The van der Waals surface area contributed by atoms with Gasteiger partial charge in [-0.05, 0) is 31.2 Å². The second-order valence-electron chi connectivity index (χ2n) is 10.1. The van der Waals surface area contributed by atoms with Crippen LogP contribution in [0.3, 0.4) is 0 Å². The van der Waals surface area contributed by atoms with Crippen molar-refractivity contribution in [2.24, 2.45) is 28.5 Å². The van der Waals surface area contributed by atoms with Crippen LogP contribution in [0.5, 0.6) is 0 Å². The quantitative estimate of drug-likeness (QED) is 0.224. The number of benzodiazepines with no additional fused rings is 1. The van der Waals surface area contributed by atoms with E-state index in [1.165, 1.54) is 12.1 Å². The summed E-state index contributed by atoms with van der Waals surface area (Å²) < 4.78 is 53.8. The van der Waals surface area contributed by atoms with Crippen LogP contribution in [0.2, 0.25) is 0 Å². The van der Waals surface area contributed by atoms with Crippen LogP contribution in [0.25, 0.3) is 0 Å². The first-order chi connectivity index (χ1) is 19.0. The number of para-hydroxylation sites is 1. The number of amides is 3. The van der Waals surface area contributed by atoms with E-state index < -0.39 is 66.6 Å². The molecule has 0 radical (unpaired) electrons. The van der Waals surface area contributed by atoms with Gasteiger partial charge < -0.3 is 11.1 Å². The average molecular weight is 581 g/mol. The molecule has 40 heavy (non-hydrogen) atoms. The van der Waals surface area contributed by atoms with E-state index in [-0.39, 0.29) is 35.7 Å². The zero-order valence-electron chi connectivity index (χ0n) is 21.5. The number of halogens is 5. The number of hydrogen-bond donors (Lipinski definition) is 2. The second kappa shape index (κ2) is 12.4. The first kappa shape index (κ1) is 29.5. The van der Waals surface area contributed by atoms with Crippen LogP contribution in [0, 0.1) is 23.6 Å². The predicted molar refractivity (Wildman–Crippen MR) is 142 cm³/mol. The summed E-state index contributed by atoms with van der Waals surface area (Å²) in [6.07, 6.45) is -5.91. The fraction of sp³-hybridized carbons (Fsp3) is 0.429. The van der Waals surface area contributed by atoms with E-state index in [0.29, 0.717) is 5.56 Å². The van der Waals surface area contributed by atoms with Gasteiger partial charge in [0.05, 0.1) is 11.4 Å². The van der Waals surface area contributed by atoms with E-state index in [2.05, 4.69) is 10.3 Å². The normalized spacial score (nSPS) is 18.8. The van der Waals surface area contributed by atoms with Crippen LogP contribution in [-0.4, -0.2) is 41.8 Å². The van der Waals surface area contributed by atoms with Crippen molar-refractivity contribution >= 4 is 40.7 Å². The number of primary amides is 1. The molecule has 1 unspecified atom stereocenters. The van der Waals surface area contributed by atoms with Crippen molar-refractivity contribution in [1.29, 1.82) is 0 Å². The molecule has 3 amide bonds. The van der Waals surface area contributed by atoms with Crippen molar-refractivity contribution in [2.45, 2.75) is 50.9 Å². The van der Waals surface area contributed by atoms with Crippen molar-refractivity contribution in [2.75, 3.05) is 10.9 Å². The topological polar surface area (TPSA) is 105 Å². The highest BCUT2D eigenvalue weighted by Gasteiger charge is 2.40. The van der Waals surface area contributed by atoms with Crippen molar-refractivity contribution in [1.82, 2.24) is 5.32 Å². The molecule has 2 aliphatic rings. The summed E-state index contributed by atoms with van der Waals surface area (Å²) >= 11 is 6.08. The number of anilines is 1. The Bertz CT molecular complexity index is 1280. The summed E-state index contributed by atoms with van der Waals surface area (Å²) in [5, 5.41) is 2.52. The van der Waals surface area contributed by atoms with Gasteiger partial charge in [-0.25, -0.2) is 9.38 Å². The molecule has 0 aromatic heterocycles. The molecule has 1 fully saturated rings. The number of fused-ring (bicyclic) bond motifs is 1. The third-order valence-corrected chi connectivity index (χ3v) is 7.40. The molecule has 0 spiro atoms. The molecule has 2 aromatic carbocycles. The average Bonchev–Trinajstić information content (AvgIpc) is 3.74. The molecule has 1 saturated carbocycles. The van der Waals surface area contributed by atoms with Crippen molar-refractivity contribution < 1.29 is 31.9 Å². The molecule has 214 valence electrons. The number of aliphatic imine (C=N–C) groups is 1. The van der Waals surface area contributed by atoms with Crippen LogP contribution in [0.1, 0.15) is 49.7 Å². The Labute approximate surface area is 233 Å². The summed E-state index contributed by atoms with van der Waals surface area (Å²) in [5.41, 5.74) is 6.49. The summed E-state index contributed by atoms with van der Waals surface area (Å²) in [5.74, 6) is -5.27. The molecule has 3 N–H and O–H groups in total. The number of nitrogens with zero attached hydrogens (tertiary/aromatic N) is 2. The molecule has 1 aliphatic carbocycles. The maximum absolute atomic E-state index is 15.1. The molecule has 7 nitrogen and oxygen atoms in total. The SMILES string of the molecule is NC(=O)[C@@H](CC1CC1)[C@@H](CCCC(F)(F)F)C(=O)NC1N=C(c2ccccc2)c2cccc(F)c2N(CCl)C1=O. The summed E-state index contributed by atoms with van der Waals surface area (Å²) in [4.78, 5) is 45.0. The van der Waals surface area contributed by atoms with Crippen LogP contribution in [-0.2, 0) is 14.4 Å². The highest BCUT2D eigenvalue weighted by Crippen LogP contribution is 2.39. The van der Waals surface area contributed by atoms with E-state index in [9.17, 15) is 27.6 Å². The number of nitrogens with two attached hydrogens (primary N) is 1. The fourth-order valence-electron chi connectivity index (χ4n) is 5.00. The first-order valence-electron chi connectivity index (χ1n) is 13.0. The minimum absolute atomic E-state index is 0.118. The van der Waals surface area contributed by atoms with E-state index in [1.807, 2.05) is 0 Å². The summed E-state index contributed by atoms with van der Waals surface area (Å²) in [7, 11) is 0. The summed E-state index contributed by atoms with van der Waals surface area (Å²) in [6, 6.07) is 12.3. The number of carbonyl (C=O) groups is 3. The van der Waals surface area contributed by atoms with E-state index in [1.54, 1.807) is 36.4 Å². The van der Waals surface area contributed by atoms with Gasteiger partial charge >= 0.3 is 6.18 Å². The van der Waals surface area contributed by atoms with Gasteiger partial charge in [-0.15, -0.1) is 11.6 Å². The third-order valence-electron chi connectivity index (χ3n) is 7.16. The molecule has 3 atom stereocenters. The number of carbonyl (C=O) groups excluding carboxylic acids is 3. The Morgan fingerprint density at radius 3 is 2.40 bits per heavy atom. The van der Waals surface area contributed by atoms with Gasteiger partial charge in [0.2, 0.25) is 18.0 Å². The Balaban J connectivity index is 1.71. The molecule has 2 aromatic rings. The number of nitrogens with one attached hydrogen (secondary N) is 1. The molecular weight excluding hydrogens is 552 g/mol. The van der Waals surface area contributed by atoms with Gasteiger partial charge in [-0.2, -0.15) is 13.2 Å². The lowest BCUT2D eigenvalue weighted by molar-refractivity contribution is -0.140. The highest BCUT2D eigenvalue weighted by molar-refractivity contribution is 6.25. The molecule has 0 saturated heterocycles. The second-order valence-corrected chi connectivity index (χ2v) is 10.3. The van der Waals surface area contributed by atoms with Crippen molar-refractivity contribution in [3.63, 3.8) is 0 Å². The molecule has 1 heterocycles. The van der Waals surface area contributed by atoms with Gasteiger partial charge in [0.1, 0.15) is 11.8 Å². The van der Waals surface area contributed by atoms with Gasteiger partial charge in [0.25, 0.3) is 5.91 Å². The number of rotatable bonds is 11. The van der Waals surface area contributed by atoms with E-state index in [4.69, 9.17) is 17.3 Å². The molecule has 12 heteroatoms. The summed E-state index contributed by atoms with van der Waals surface area (Å²) in [6.45, 7) is 0. The number of alkyl halides is 4. The third kappa shape index (κ3) is 6.99. The number of benzene rings is 2. The largest absolute Gasteiger partial charge is 0.389 e. The lowest BCUT2D eigenvalue weighted by atomic mass is 9.82. The molecular formula is C28H29ClF4N4O3. The van der Waals surface area contributed by atoms with Crippen LogP contribution in [0.15, 0.2) is 53.5 Å². The predicted octanol–water partition coefficient (Wildman–Crippen LogP) is 4.90. The first-order valence-corrected chi connectivity index (χ1v) is 13.5. The van der Waals surface area contributed by atoms with Crippen LogP contribution in [0.4, 0.5) is 23.2 Å². The van der Waals surface area contributed by atoms with Crippen molar-refractivity contribution in [3.8, 4) is 0 Å². The molecule has 1 aliphatic heterocycles. The van der Waals surface area contributed by atoms with Gasteiger partial charge in [0, 0.05) is 29.4 Å². The maximum atomic E-state index is 15.1. The van der Waals surface area contributed by atoms with Crippen molar-refractivity contribution in [3.05, 3.63) is 65.5 Å². The molecule has 0 bridgehead atoms. The molecule has 4 rings (SSSR count). The fourth-order valence-corrected chi connectivity index (χ4v) is 5.24. The Hall–Kier alpha value is -3.47.